The van der Waals surface area contributed by atoms with E-state index in [0.29, 0.717) is 6.04 Å². The van der Waals surface area contributed by atoms with E-state index in [-0.39, 0.29) is 0 Å². The number of aryl methyl sites for hydroxylation is 2. The maximum absolute atomic E-state index is 4.52. The first kappa shape index (κ1) is 15.2. The molecule has 1 unspecified atom stereocenters. The topological polar surface area (TPSA) is 42.7 Å². The van der Waals surface area contributed by atoms with Gasteiger partial charge < -0.3 is 5.32 Å². The van der Waals surface area contributed by atoms with Gasteiger partial charge in [-0.05, 0) is 38.8 Å². The summed E-state index contributed by atoms with van der Waals surface area (Å²) < 4.78 is 1.98. The molecule has 0 aliphatic rings. The Bertz CT molecular complexity index is 530. The Morgan fingerprint density at radius 1 is 1.35 bits per heavy atom. The maximum atomic E-state index is 4.52. The minimum Gasteiger partial charge on any atom is -0.313 e. The summed E-state index contributed by atoms with van der Waals surface area (Å²) in [5.74, 6) is 0. The number of aromatic nitrogens is 3. The maximum Gasteiger partial charge on any atom is 0.0940 e. The fourth-order valence-corrected chi connectivity index (χ4v) is 3.19. The number of nitrogens with zero attached hydrogens (tertiary/aromatic N) is 3. The standard InChI is InChI=1S/C15H24N4S/c1-5-6-16-13(10-15-17-7-8-20-15)9-14-11(2)18-19(4)12(14)3/h7-8,13,16H,5-6,9-10H2,1-4H3. The van der Waals surface area contributed by atoms with Crippen molar-refractivity contribution in [2.45, 2.75) is 46.1 Å². The smallest absolute Gasteiger partial charge is 0.0940 e. The molecule has 0 amide bonds. The Kier molecular flexibility index (Phi) is 5.31. The largest absolute Gasteiger partial charge is 0.313 e. The van der Waals surface area contributed by atoms with E-state index < -0.39 is 0 Å². The van der Waals surface area contributed by atoms with E-state index in [0.717, 1.165) is 31.5 Å². The summed E-state index contributed by atoms with van der Waals surface area (Å²) in [6, 6.07) is 0.433. The van der Waals surface area contributed by atoms with Gasteiger partial charge in [0.25, 0.3) is 0 Å². The summed E-state index contributed by atoms with van der Waals surface area (Å²) in [5, 5.41) is 11.4. The first-order chi connectivity index (χ1) is 9.61. The van der Waals surface area contributed by atoms with Gasteiger partial charge in [-0.25, -0.2) is 4.98 Å². The van der Waals surface area contributed by atoms with Crippen molar-refractivity contribution in [3.8, 4) is 0 Å². The Hall–Kier alpha value is -1.20. The number of hydrogen-bond acceptors (Lipinski definition) is 4. The molecule has 0 saturated heterocycles. The molecule has 20 heavy (non-hydrogen) atoms. The predicted octanol–water partition coefficient (Wildman–Crippen LogP) is 2.65. The Balaban J connectivity index is 2.10. The van der Waals surface area contributed by atoms with E-state index in [1.807, 2.05) is 23.3 Å². The Morgan fingerprint density at radius 3 is 2.70 bits per heavy atom. The Morgan fingerprint density at radius 2 is 2.15 bits per heavy atom. The van der Waals surface area contributed by atoms with E-state index >= 15 is 0 Å². The van der Waals surface area contributed by atoms with E-state index in [2.05, 4.69) is 36.2 Å². The van der Waals surface area contributed by atoms with Crippen molar-refractivity contribution in [3.05, 3.63) is 33.5 Å². The lowest BCUT2D eigenvalue weighted by Crippen LogP contribution is -2.34. The SMILES string of the molecule is CCCNC(Cc1nccs1)Cc1c(C)nn(C)c1C. The molecule has 0 aromatic carbocycles. The van der Waals surface area contributed by atoms with Crippen LogP contribution in [-0.2, 0) is 19.9 Å². The zero-order valence-corrected chi connectivity index (χ0v) is 13.6. The summed E-state index contributed by atoms with van der Waals surface area (Å²) in [4.78, 5) is 4.41. The van der Waals surface area contributed by atoms with Crippen LogP contribution < -0.4 is 5.32 Å². The average Bonchev–Trinajstić information content (AvgIpc) is 3.00. The van der Waals surface area contributed by atoms with Crippen molar-refractivity contribution in [2.75, 3.05) is 6.54 Å². The second kappa shape index (κ2) is 6.99. The normalized spacial score (nSPS) is 12.8. The summed E-state index contributed by atoms with van der Waals surface area (Å²) in [7, 11) is 2.02. The van der Waals surface area contributed by atoms with E-state index in [4.69, 9.17) is 0 Å². The van der Waals surface area contributed by atoms with Crippen LogP contribution >= 0.6 is 11.3 Å². The molecular formula is C15H24N4S. The fourth-order valence-electron chi connectivity index (χ4n) is 2.49. The molecule has 2 heterocycles. The number of rotatable bonds is 7. The van der Waals surface area contributed by atoms with Crippen LogP contribution in [-0.4, -0.2) is 27.4 Å². The molecule has 110 valence electrons. The number of thiazole rings is 1. The lowest BCUT2D eigenvalue weighted by atomic mass is 10.0. The zero-order valence-electron chi connectivity index (χ0n) is 12.8. The van der Waals surface area contributed by atoms with Gasteiger partial charge in [0, 0.05) is 36.8 Å². The molecule has 0 aliphatic heterocycles. The summed E-state index contributed by atoms with van der Waals surface area (Å²) >= 11 is 1.74. The lowest BCUT2D eigenvalue weighted by molar-refractivity contribution is 0.502. The van der Waals surface area contributed by atoms with Gasteiger partial charge in [0.2, 0.25) is 0 Å². The number of hydrogen-bond donors (Lipinski definition) is 1. The highest BCUT2D eigenvalue weighted by Crippen LogP contribution is 2.17. The third kappa shape index (κ3) is 3.67. The van der Waals surface area contributed by atoms with Crippen LogP contribution in [0.1, 0.15) is 35.3 Å². The van der Waals surface area contributed by atoms with Gasteiger partial charge in [0.05, 0.1) is 10.7 Å². The summed E-state index contributed by atoms with van der Waals surface area (Å²) in [6.45, 7) is 7.50. The molecule has 2 rings (SSSR count). The van der Waals surface area contributed by atoms with Crippen LogP contribution in [0.25, 0.3) is 0 Å². The lowest BCUT2D eigenvalue weighted by Gasteiger charge is -2.17. The second-order valence-electron chi connectivity index (χ2n) is 5.26. The van der Waals surface area contributed by atoms with Gasteiger partial charge in [0.15, 0.2) is 0 Å². The van der Waals surface area contributed by atoms with Gasteiger partial charge in [-0.3, -0.25) is 4.68 Å². The van der Waals surface area contributed by atoms with Crippen molar-refractivity contribution < 1.29 is 0 Å². The molecule has 1 atom stereocenters. The van der Waals surface area contributed by atoms with Gasteiger partial charge >= 0.3 is 0 Å². The summed E-state index contributed by atoms with van der Waals surface area (Å²) in [6.07, 6.45) is 5.05. The van der Waals surface area contributed by atoms with Crippen LogP contribution in [0.15, 0.2) is 11.6 Å². The zero-order chi connectivity index (χ0) is 14.5. The van der Waals surface area contributed by atoms with E-state index in [1.54, 1.807) is 11.3 Å². The molecule has 2 aromatic heterocycles. The highest BCUT2D eigenvalue weighted by atomic mass is 32.1. The molecule has 0 saturated carbocycles. The predicted molar refractivity (Wildman–Crippen MR) is 84.3 cm³/mol. The third-order valence-corrected chi connectivity index (χ3v) is 4.50. The third-order valence-electron chi connectivity index (χ3n) is 3.70. The average molecular weight is 292 g/mol. The van der Waals surface area contributed by atoms with E-state index in [9.17, 15) is 0 Å². The highest BCUT2D eigenvalue weighted by Gasteiger charge is 2.17. The van der Waals surface area contributed by atoms with Gasteiger partial charge in [-0.2, -0.15) is 5.10 Å². The Labute approximate surface area is 125 Å². The number of nitrogens with one attached hydrogen (secondary N) is 1. The molecule has 2 aromatic rings. The van der Waals surface area contributed by atoms with Gasteiger partial charge in [-0.1, -0.05) is 6.92 Å². The first-order valence-electron chi connectivity index (χ1n) is 7.22. The minimum absolute atomic E-state index is 0.433. The molecule has 0 aliphatic carbocycles. The van der Waals surface area contributed by atoms with Crippen LogP contribution in [0.5, 0.6) is 0 Å². The van der Waals surface area contributed by atoms with Crippen molar-refractivity contribution >= 4 is 11.3 Å². The van der Waals surface area contributed by atoms with Crippen LogP contribution in [0.2, 0.25) is 0 Å². The summed E-state index contributed by atoms with van der Waals surface area (Å²) in [5.41, 5.74) is 3.79. The molecule has 0 bridgehead atoms. The van der Waals surface area contributed by atoms with Crippen molar-refractivity contribution in [2.24, 2.45) is 7.05 Å². The van der Waals surface area contributed by atoms with Crippen LogP contribution in [0, 0.1) is 13.8 Å². The molecular weight excluding hydrogens is 268 g/mol. The molecule has 0 spiro atoms. The molecule has 4 nitrogen and oxygen atoms in total. The second-order valence-corrected chi connectivity index (χ2v) is 6.24. The van der Waals surface area contributed by atoms with Crippen molar-refractivity contribution in [1.29, 1.82) is 0 Å². The van der Waals surface area contributed by atoms with Crippen molar-refractivity contribution in [1.82, 2.24) is 20.1 Å². The molecule has 5 heteroatoms. The highest BCUT2D eigenvalue weighted by molar-refractivity contribution is 7.09. The van der Waals surface area contributed by atoms with Gasteiger partial charge in [0.1, 0.15) is 0 Å². The van der Waals surface area contributed by atoms with Crippen LogP contribution in [0.3, 0.4) is 0 Å². The molecule has 1 N–H and O–H groups in total. The van der Waals surface area contributed by atoms with Crippen molar-refractivity contribution in [3.63, 3.8) is 0 Å². The molecule has 0 fully saturated rings. The quantitative estimate of drug-likeness (QED) is 0.853. The first-order valence-corrected chi connectivity index (χ1v) is 8.10. The monoisotopic (exact) mass is 292 g/mol. The van der Waals surface area contributed by atoms with Gasteiger partial charge in [-0.15, -0.1) is 11.3 Å². The van der Waals surface area contributed by atoms with Crippen LogP contribution in [0.4, 0.5) is 0 Å². The minimum atomic E-state index is 0.433. The molecule has 0 radical (unpaired) electrons. The van der Waals surface area contributed by atoms with E-state index in [1.165, 1.54) is 16.3 Å². The fraction of sp³-hybridized carbons (Fsp3) is 0.600.